The zero-order valence-corrected chi connectivity index (χ0v) is 18.6. The molecule has 0 unspecified atom stereocenters. The number of aromatic nitrogens is 3. The first-order valence-electron chi connectivity index (χ1n) is 11.2. The average molecular weight is 459 g/mol. The highest BCUT2D eigenvalue weighted by molar-refractivity contribution is 5.90. The first kappa shape index (κ1) is 21.9. The summed E-state index contributed by atoms with van der Waals surface area (Å²) in [4.78, 5) is 23.3. The third-order valence-corrected chi connectivity index (χ3v) is 5.82. The SMILES string of the molecule is NC(=O)Nc1cccc(Cn2ccc3c(N4CCOCC4)nc(-c4cccc(CO)c4)nc32)c1. The van der Waals surface area contributed by atoms with E-state index in [0.29, 0.717) is 31.3 Å². The molecule has 3 heterocycles. The van der Waals surface area contributed by atoms with Crippen molar-refractivity contribution in [2.24, 2.45) is 5.73 Å². The van der Waals surface area contributed by atoms with Crippen LogP contribution in [0, 0.1) is 0 Å². The van der Waals surface area contributed by atoms with E-state index in [4.69, 9.17) is 20.4 Å². The van der Waals surface area contributed by atoms with Crippen LogP contribution in [0.2, 0.25) is 0 Å². The highest BCUT2D eigenvalue weighted by atomic mass is 16.5. The van der Waals surface area contributed by atoms with Gasteiger partial charge in [-0.25, -0.2) is 14.8 Å². The molecule has 1 fully saturated rings. The third kappa shape index (κ3) is 4.57. The molecule has 0 bridgehead atoms. The normalized spacial score (nSPS) is 13.9. The Labute approximate surface area is 196 Å². The number of hydrogen-bond donors (Lipinski definition) is 3. The number of carbonyl (C=O) groups excluding carboxylic acids is 1. The lowest BCUT2D eigenvalue weighted by Crippen LogP contribution is -2.37. The number of hydrogen-bond acceptors (Lipinski definition) is 6. The fourth-order valence-corrected chi connectivity index (χ4v) is 4.22. The van der Waals surface area contributed by atoms with E-state index in [1.54, 1.807) is 6.07 Å². The van der Waals surface area contributed by atoms with E-state index >= 15 is 0 Å². The van der Waals surface area contributed by atoms with Crippen LogP contribution in [0.4, 0.5) is 16.3 Å². The van der Waals surface area contributed by atoms with Crippen molar-refractivity contribution >= 4 is 28.6 Å². The number of primary amides is 1. The van der Waals surface area contributed by atoms with Crippen LogP contribution in [-0.2, 0) is 17.9 Å². The largest absolute Gasteiger partial charge is 0.392 e. The number of benzene rings is 2. The summed E-state index contributed by atoms with van der Waals surface area (Å²) < 4.78 is 7.62. The third-order valence-electron chi connectivity index (χ3n) is 5.82. The minimum Gasteiger partial charge on any atom is -0.392 e. The summed E-state index contributed by atoms with van der Waals surface area (Å²) in [7, 11) is 0. The van der Waals surface area contributed by atoms with Crippen molar-refractivity contribution in [3.05, 3.63) is 71.9 Å². The molecular formula is C25H26N6O3. The number of aliphatic hydroxyl groups excluding tert-OH is 1. The quantitative estimate of drug-likeness (QED) is 0.409. The summed E-state index contributed by atoms with van der Waals surface area (Å²) in [5.41, 5.74) is 9.38. The van der Waals surface area contributed by atoms with Crippen molar-refractivity contribution in [1.82, 2.24) is 14.5 Å². The number of fused-ring (bicyclic) bond motifs is 1. The molecule has 4 aromatic rings. The van der Waals surface area contributed by atoms with Gasteiger partial charge < -0.3 is 30.4 Å². The molecule has 0 saturated carbocycles. The van der Waals surface area contributed by atoms with Gasteiger partial charge in [0.2, 0.25) is 0 Å². The van der Waals surface area contributed by atoms with Gasteiger partial charge in [-0.3, -0.25) is 0 Å². The number of aliphatic hydroxyl groups is 1. The second-order valence-corrected chi connectivity index (χ2v) is 8.20. The maximum Gasteiger partial charge on any atom is 0.316 e. The predicted octanol–water partition coefficient (Wildman–Crippen LogP) is 2.97. The standard InChI is InChI=1S/C25H26N6O3/c26-25(33)27-20-6-2-3-17(14-20)15-31-8-7-21-23(30-9-11-34-12-10-30)28-22(29-24(21)31)19-5-1-4-18(13-19)16-32/h1-8,13-14,32H,9-12,15-16H2,(H3,26,27,33). The number of nitrogens with one attached hydrogen (secondary N) is 1. The Bertz CT molecular complexity index is 1330. The lowest BCUT2D eigenvalue weighted by molar-refractivity contribution is 0.122. The van der Waals surface area contributed by atoms with Crippen LogP contribution in [0.5, 0.6) is 0 Å². The van der Waals surface area contributed by atoms with Gasteiger partial charge in [-0.05, 0) is 35.4 Å². The molecular weight excluding hydrogens is 432 g/mol. The molecule has 0 atom stereocenters. The summed E-state index contributed by atoms with van der Waals surface area (Å²) in [5.74, 6) is 1.48. The fraction of sp³-hybridized carbons (Fsp3) is 0.240. The van der Waals surface area contributed by atoms with Crippen molar-refractivity contribution in [2.45, 2.75) is 13.2 Å². The van der Waals surface area contributed by atoms with E-state index < -0.39 is 6.03 Å². The second kappa shape index (κ2) is 9.50. The molecule has 5 rings (SSSR count). The topological polar surface area (TPSA) is 119 Å². The molecule has 4 N–H and O–H groups in total. The Morgan fingerprint density at radius 3 is 2.65 bits per heavy atom. The maximum absolute atomic E-state index is 11.2. The number of anilines is 2. The van der Waals surface area contributed by atoms with Gasteiger partial charge >= 0.3 is 6.03 Å². The molecule has 1 aliphatic rings. The summed E-state index contributed by atoms with van der Waals surface area (Å²) in [6, 6.07) is 16.7. The van der Waals surface area contributed by atoms with E-state index in [1.165, 1.54) is 0 Å². The Morgan fingerprint density at radius 1 is 1.06 bits per heavy atom. The van der Waals surface area contributed by atoms with E-state index in [9.17, 15) is 9.90 Å². The number of rotatable bonds is 6. The first-order valence-corrected chi connectivity index (χ1v) is 11.2. The van der Waals surface area contributed by atoms with Gasteiger partial charge in [0.1, 0.15) is 11.5 Å². The molecule has 0 radical (unpaired) electrons. The molecule has 0 aliphatic carbocycles. The van der Waals surface area contributed by atoms with Crippen molar-refractivity contribution in [3.63, 3.8) is 0 Å². The Balaban J connectivity index is 1.59. The highest BCUT2D eigenvalue weighted by Crippen LogP contribution is 2.30. The Morgan fingerprint density at radius 2 is 1.85 bits per heavy atom. The summed E-state index contributed by atoms with van der Waals surface area (Å²) >= 11 is 0. The van der Waals surface area contributed by atoms with Crippen LogP contribution in [0.15, 0.2) is 60.8 Å². The van der Waals surface area contributed by atoms with Crippen molar-refractivity contribution in [2.75, 3.05) is 36.5 Å². The van der Waals surface area contributed by atoms with E-state index in [-0.39, 0.29) is 6.61 Å². The lowest BCUT2D eigenvalue weighted by atomic mass is 10.1. The molecule has 2 amide bonds. The smallest absolute Gasteiger partial charge is 0.316 e. The zero-order chi connectivity index (χ0) is 23.5. The highest BCUT2D eigenvalue weighted by Gasteiger charge is 2.20. The van der Waals surface area contributed by atoms with Gasteiger partial charge in [0.15, 0.2) is 5.82 Å². The monoisotopic (exact) mass is 458 g/mol. The summed E-state index contributed by atoms with van der Waals surface area (Å²) in [6.07, 6.45) is 2.01. The molecule has 2 aromatic carbocycles. The number of ether oxygens (including phenoxy) is 1. The van der Waals surface area contributed by atoms with Gasteiger partial charge in [0.25, 0.3) is 0 Å². The molecule has 174 valence electrons. The minimum absolute atomic E-state index is 0.0432. The number of morpholine rings is 1. The molecule has 0 spiro atoms. The van der Waals surface area contributed by atoms with Crippen LogP contribution < -0.4 is 16.0 Å². The zero-order valence-electron chi connectivity index (χ0n) is 18.6. The van der Waals surface area contributed by atoms with E-state index in [1.807, 2.05) is 54.7 Å². The molecule has 34 heavy (non-hydrogen) atoms. The molecule has 1 aliphatic heterocycles. The summed E-state index contributed by atoms with van der Waals surface area (Å²) in [5, 5.41) is 13.2. The van der Waals surface area contributed by atoms with Gasteiger partial charge in [0, 0.05) is 37.1 Å². The second-order valence-electron chi connectivity index (χ2n) is 8.20. The van der Waals surface area contributed by atoms with Crippen LogP contribution >= 0.6 is 0 Å². The molecule has 1 saturated heterocycles. The predicted molar refractivity (Wildman–Crippen MR) is 131 cm³/mol. The Kier molecular flexibility index (Phi) is 6.11. The van der Waals surface area contributed by atoms with Gasteiger partial charge in [-0.1, -0.05) is 30.3 Å². The number of nitrogens with two attached hydrogens (primary N) is 1. The van der Waals surface area contributed by atoms with E-state index in [0.717, 1.165) is 46.6 Å². The minimum atomic E-state index is -0.596. The fourth-order valence-electron chi connectivity index (χ4n) is 4.22. The average Bonchev–Trinajstić information content (AvgIpc) is 3.26. The van der Waals surface area contributed by atoms with Crippen LogP contribution in [0.3, 0.4) is 0 Å². The number of urea groups is 1. The van der Waals surface area contributed by atoms with Gasteiger partial charge in [-0.15, -0.1) is 0 Å². The van der Waals surface area contributed by atoms with Gasteiger partial charge in [0.05, 0.1) is 25.2 Å². The first-order chi connectivity index (χ1) is 16.6. The van der Waals surface area contributed by atoms with Crippen molar-refractivity contribution in [1.29, 1.82) is 0 Å². The number of nitrogens with zero attached hydrogens (tertiary/aromatic N) is 4. The number of carbonyl (C=O) groups is 1. The maximum atomic E-state index is 11.2. The van der Waals surface area contributed by atoms with Crippen LogP contribution in [-0.4, -0.2) is 52.0 Å². The van der Waals surface area contributed by atoms with E-state index in [2.05, 4.69) is 14.8 Å². The Hall–Kier alpha value is -3.95. The number of amides is 2. The molecule has 2 aromatic heterocycles. The van der Waals surface area contributed by atoms with Gasteiger partial charge in [-0.2, -0.15) is 0 Å². The lowest BCUT2D eigenvalue weighted by Gasteiger charge is -2.28. The van der Waals surface area contributed by atoms with Crippen LogP contribution in [0.25, 0.3) is 22.4 Å². The summed E-state index contributed by atoms with van der Waals surface area (Å²) in [6.45, 7) is 3.34. The van der Waals surface area contributed by atoms with Crippen LogP contribution in [0.1, 0.15) is 11.1 Å². The van der Waals surface area contributed by atoms with Crippen molar-refractivity contribution < 1.29 is 14.6 Å². The molecule has 9 nitrogen and oxygen atoms in total. The molecule has 9 heteroatoms. The van der Waals surface area contributed by atoms with Crippen molar-refractivity contribution in [3.8, 4) is 11.4 Å².